The lowest BCUT2D eigenvalue weighted by atomic mass is 9.84. The van der Waals surface area contributed by atoms with Crippen LogP contribution in [0.15, 0.2) is 36.7 Å². The van der Waals surface area contributed by atoms with Crippen LogP contribution in [0.1, 0.15) is 12.5 Å². The van der Waals surface area contributed by atoms with Gasteiger partial charge >= 0.3 is 6.18 Å². The molecule has 6 heteroatoms. The van der Waals surface area contributed by atoms with Gasteiger partial charge in [-0.2, -0.15) is 13.2 Å². The molecule has 0 aliphatic heterocycles. The van der Waals surface area contributed by atoms with Crippen LogP contribution in [-0.4, -0.2) is 22.3 Å². The lowest BCUT2D eigenvalue weighted by molar-refractivity contribution is -0.272. The zero-order chi connectivity index (χ0) is 14.3. The Morgan fingerprint density at radius 3 is 2.53 bits per heavy atom. The molecule has 1 aromatic heterocycles. The maximum Gasteiger partial charge on any atom is 0.423 e. The van der Waals surface area contributed by atoms with Crippen molar-refractivity contribution in [3.05, 3.63) is 42.2 Å². The van der Waals surface area contributed by atoms with Crippen LogP contribution in [0, 0.1) is 0 Å². The smallest absolute Gasteiger partial charge is 0.375 e. The first-order valence-electron chi connectivity index (χ1n) is 5.66. The third-order valence-electron chi connectivity index (χ3n) is 3.18. The van der Waals surface area contributed by atoms with Crippen molar-refractivity contribution in [2.24, 2.45) is 5.73 Å². The molecule has 2 atom stereocenters. The number of hydrogen-bond donors (Lipinski definition) is 2. The van der Waals surface area contributed by atoms with Gasteiger partial charge in [0.1, 0.15) is 0 Å². The molecule has 0 amide bonds. The number of benzene rings is 1. The molecule has 0 saturated carbocycles. The summed E-state index contributed by atoms with van der Waals surface area (Å²) < 4.78 is 39.7. The van der Waals surface area contributed by atoms with Crippen molar-refractivity contribution in [2.75, 3.05) is 0 Å². The second-order valence-electron chi connectivity index (χ2n) is 4.46. The third-order valence-corrected chi connectivity index (χ3v) is 3.18. The van der Waals surface area contributed by atoms with Crippen LogP contribution in [0.2, 0.25) is 0 Å². The Hall–Kier alpha value is -1.66. The molecular weight excluding hydrogens is 257 g/mol. The van der Waals surface area contributed by atoms with Crippen LogP contribution in [0.3, 0.4) is 0 Å². The van der Waals surface area contributed by atoms with E-state index in [9.17, 15) is 18.3 Å². The molecule has 0 spiro atoms. The molecular formula is C13H13F3N2O. The van der Waals surface area contributed by atoms with Crippen LogP contribution in [0.4, 0.5) is 13.2 Å². The summed E-state index contributed by atoms with van der Waals surface area (Å²) in [4.78, 5) is 3.85. The Kier molecular flexibility index (Phi) is 3.24. The molecule has 0 bridgehead atoms. The number of nitrogens with two attached hydrogens (primary N) is 1. The molecule has 102 valence electrons. The summed E-state index contributed by atoms with van der Waals surface area (Å²) in [5.41, 5.74) is 2.05. The monoisotopic (exact) mass is 270 g/mol. The zero-order valence-corrected chi connectivity index (χ0v) is 10.1. The predicted octanol–water partition coefficient (Wildman–Crippen LogP) is 2.33. The van der Waals surface area contributed by atoms with Crippen molar-refractivity contribution < 1.29 is 18.3 Å². The summed E-state index contributed by atoms with van der Waals surface area (Å²) in [6.45, 7) is 1.13. The highest BCUT2D eigenvalue weighted by atomic mass is 19.4. The van der Waals surface area contributed by atoms with Gasteiger partial charge in [-0.05, 0) is 18.4 Å². The van der Waals surface area contributed by atoms with Gasteiger partial charge in [0, 0.05) is 29.4 Å². The van der Waals surface area contributed by atoms with E-state index >= 15 is 0 Å². The number of alkyl halides is 3. The second-order valence-corrected chi connectivity index (χ2v) is 4.46. The minimum absolute atomic E-state index is 0.255. The van der Waals surface area contributed by atoms with Crippen molar-refractivity contribution in [3.63, 3.8) is 0 Å². The van der Waals surface area contributed by atoms with Crippen molar-refractivity contribution in [1.82, 2.24) is 4.98 Å². The minimum Gasteiger partial charge on any atom is -0.375 e. The van der Waals surface area contributed by atoms with Gasteiger partial charge in [0.25, 0.3) is 0 Å². The molecule has 3 nitrogen and oxygen atoms in total. The molecule has 1 heterocycles. The molecule has 0 radical (unpaired) electrons. The highest BCUT2D eigenvalue weighted by molar-refractivity contribution is 5.85. The number of halogens is 3. The lowest BCUT2D eigenvalue weighted by Crippen LogP contribution is -2.54. The number of aromatic nitrogens is 1. The second kappa shape index (κ2) is 4.47. The minimum atomic E-state index is -4.86. The van der Waals surface area contributed by atoms with Gasteiger partial charge in [-0.3, -0.25) is 4.98 Å². The van der Waals surface area contributed by atoms with Gasteiger partial charge < -0.3 is 10.8 Å². The van der Waals surface area contributed by atoms with E-state index in [0.29, 0.717) is 5.39 Å². The molecule has 3 N–H and O–H groups in total. The molecule has 2 aromatic rings. The fourth-order valence-corrected chi connectivity index (χ4v) is 2.11. The summed E-state index contributed by atoms with van der Waals surface area (Å²) in [6, 6.07) is 4.25. The largest absolute Gasteiger partial charge is 0.423 e. The summed E-state index contributed by atoms with van der Waals surface area (Å²) >= 11 is 0. The highest BCUT2D eigenvalue weighted by Gasteiger charge is 2.58. The van der Waals surface area contributed by atoms with E-state index in [1.54, 1.807) is 6.07 Å². The van der Waals surface area contributed by atoms with Gasteiger partial charge in [0.2, 0.25) is 5.60 Å². The summed E-state index contributed by atoms with van der Waals surface area (Å²) in [5.74, 6) is 0. The SMILES string of the molecule is CC(N)C(O)(c1cccc2cnccc12)C(F)(F)F. The van der Waals surface area contributed by atoms with Crippen LogP contribution in [-0.2, 0) is 5.60 Å². The van der Waals surface area contributed by atoms with Gasteiger partial charge in [-0.15, -0.1) is 0 Å². The molecule has 0 aliphatic rings. The maximum atomic E-state index is 13.2. The van der Waals surface area contributed by atoms with E-state index in [-0.39, 0.29) is 10.9 Å². The highest BCUT2D eigenvalue weighted by Crippen LogP contribution is 2.43. The molecule has 2 unspecified atom stereocenters. The first-order chi connectivity index (χ1) is 8.78. The van der Waals surface area contributed by atoms with E-state index in [0.717, 1.165) is 6.92 Å². The zero-order valence-electron chi connectivity index (χ0n) is 10.1. The normalized spacial score (nSPS) is 17.2. The molecule has 0 fully saturated rings. The number of rotatable bonds is 2. The maximum absolute atomic E-state index is 13.2. The summed E-state index contributed by atoms with van der Waals surface area (Å²) in [5, 5.41) is 10.9. The van der Waals surface area contributed by atoms with E-state index in [1.165, 1.54) is 30.6 Å². The Morgan fingerprint density at radius 2 is 1.95 bits per heavy atom. The Morgan fingerprint density at radius 1 is 1.26 bits per heavy atom. The molecule has 2 rings (SSSR count). The van der Waals surface area contributed by atoms with E-state index in [1.807, 2.05) is 0 Å². The number of hydrogen-bond acceptors (Lipinski definition) is 3. The van der Waals surface area contributed by atoms with Gasteiger partial charge in [0.05, 0.1) is 0 Å². The third kappa shape index (κ3) is 2.06. The van der Waals surface area contributed by atoms with Gasteiger partial charge in [-0.25, -0.2) is 0 Å². The first kappa shape index (κ1) is 13.8. The number of aliphatic hydroxyl groups is 1. The first-order valence-corrected chi connectivity index (χ1v) is 5.66. The average molecular weight is 270 g/mol. The van der Waals surface area contributed by atoms with Crippen LogP contribution in [0.25, 0.3) is 10.8 Å². The Balaban J connectivity index is 2.78. The van der Waals surface area contributed by atoms with Crippen molar-refractivity contribution in [3.8, 4) is 0 Å². The average Bonchev–Trinajstić information content (AvgIpc) is 2.35. The standard InChI is InChI=1S/C13H13F3N2O/c1-8(17)12(19,13(14,15)16)11-4-2-3-9-7-18-6-5-10(9)11/h2-8,19H,17H2,1H3. The fourth-order valence-electron chi connectivity index (χ4n) is 2.11. The summed E-state index contributed by atoms with van der Waals surface area (Å²) in [6.07, 6.45) is -2.04. The van der Waals surface area contributed by atoms with E-state index in [4.69, 9.17) is 5.73 Å². The molecule has 0 saturated heterocycles. The topological polar surface area (TPSA) is 59.1 Å². The molecule has 0 aliphatic carbocycles. The van der Waals surface area contributed by atoms with Crippen LogP contribution in [0.5, 0.6) is 0 Å². The van der Waals surface area contributed by atoms with Gasteiger partial charge in [0.15, 0.2) is 0 Å². The Bertz CT molecular complexity index is 592. The number of fused-ring (bicyclic) bond motifs is 1. The van der Waals surface area contributed by atoms with Crippen LogP contribution < -0.4 is 5.73 Å². The van der Waals surface area contributed by atoms with Crippen molar-refractivity contribution in [2.45, 2.75) is 24.7 Å². The van der Waals surface area contributed by atoms with E-state index < -0.39 is 17.8 Å². The van der Waals surface area contributed by atoms with Crippen molar-refractivity contribution in [1.29, 1.82) is 0 Å². The summed E-state index contributed by atoms with van der Waals surface area (Å²) in [7, 11) is 0. The molecule has 1 aromatic carbocycles. The van der Waals surface area contributed by atoms with Gasteiger partial charge in [-0.1, -0.05) is 18.2 Å². The predicted molar refractivity (Wildman–Crippen MR) is 65.3 cm³/mol. The number of pyridine rings is 1. The number of nitrogens with zero attached hydrogens (tertiary/aromatic N) is 1. The quantitative estimate of drug-likeness (QED) is 0.880. The van der Waals surface area contributed by atoms with E-state index in [2.05, 4.69) is 4.98 Å². The van der Waals surface area contributed by atoms with Crippen LogP contribution >= 0.6 is 0 Å². The Labute approximate surface area is 107 Å². The lowest BCUT2D eigenvalue weighted by Gasteiger charge is -2.35. The van der Waals surface area contributed by atoms with Crippen molar-refractivity contribution >= 4 is 10.8 Å². The fraction of sp³-hybridized carbons (Fsp3) is 0.308. The molecule has 19 heavy (non-hydrogen) atoms.